The van der Waals surface area contributed by atoms with Crippen molar-refractivity contribution in [1.82, 2.24) is 0 Å². The fraction of sp³-hybridized carbons (Fsp3) is 0.133. The summed E-state index contributed by atoms with van der Waals surface area (Å²) in [6.07, 6.45) is 0. The summed E-state index contributed by atoms with van der Waals surface area (Å²) in [4.78, 5) is 12.3. The molecule has 0 aliphatic rings. The van der Waals surface area contributed by atoms with Crippen LogP contribution in [0.3, 0.4) is 0 Å². The van der Waals surface area contributed by atoms with E-state index in [4.69, 9.17) is 16.3 Å². The van der Waals surface area contributed by atoms with Crippen molar-refractivity contribution in [2.45, 2.75) is 6.92 Å². The molecule has 2 rings (SSSR count). The van der Waals surface area contributed by atoms with Crippen LogP contribution in [0, 0.1) is 11.6 Å². The molecule has 0 bridgehead atoms. The summed E-state index contributed by atoms with van der Waals surface area (Å²) in [6, 6.07) is 6.26. The molecule has 0 aliphatic heterocycles. The number of rotatable bonds is 4. The van der Waals surface area contributed by atoms with E-state index in [0.717, 1.165) is 12.1 Å². The van der Waals surface area contributed by atoms with Gasteiger partial charge >= 0.3 is 0 Å². The van der Waals surface area contributed by atoms with E-state index in [0.29, 0.717) is 16.8 Å². The molecule has 0 atom stereocenters. The Morgan fingerprint density at radius 1 is 1.19 bits per heavy atom. The zero-order valence-corrected chi connectivity index (χ0v) is 13.3. The van der Waals surface area contributed by atoms with Crippen LogP contribution in [0.15, 0.2) is 34.8 Å². The molecule has 0 amide bonds. The van der Waals surface area contributed by atoms with E-state index in [2.05, 4.69) is 15.9 Å². The highest BCUT2D eigenvalue weighted by Gasteiger charge is 2.19. The summed E-state index contributed by atoms with van der Waals surface area (Å²) in [7, 11) is 0. The van der Waals surface area contributed by atoms with Gasteiger partial charge in [0.15, 0.2) is 5.78 Å². The van der Waals surface area contributed by atoms with Crippen LogP contribution in [0.5, 0.6) is 5.75 Å². The molecule has 2 nitrogen and oxygen atoms in total. The molecule has 0 saturated carbocycles. The van der Waals surface area contributed by atoms with Crippen LogP contribution in [0.1, 0.15) is 22.8 Å². The van der Waals surface area contributed by atoms with Gasteiger partial charge < -0.3 is 4.74 Å². The molecule has 2 aromatic carbocycles. The van der Waals surface area contributed by atoms with Gasteiger partial charge in [-0.15, -0.1) is 0 Å². The standard InChI is InChI=1S/C15H10BrClF2O2/c1-2-21-8-3-4-9(11(16)5-8)15(20)10-6-14(19)12(17)7-13(10)18/h3-7H,2H2,1H3. The Bertz CT molecular complexity index is 704. The molecule has 0 spiro atoms. The second-order valence-corrected chi connectivity index (χ2v) is 5.41. The molecule has 0 radical (unpaired) electrons. The Balaban J connectivity index is 2.43. The molecular formula is C15H10BrClF2O2. The van der Waals surface area contributed by atoms with Crippen LogP contribution >= 0.6 is 27.5 Å². The molecule has 110 valence electrons. The summed E-state index contributed by atoms with van der Waals surface area (Å²) in [5.41, 5.74) is -0.166. The Morgan fingerprint density at radius 2 is 1.90 bits per heavy atom. The number of carbonyl (C=O) groups is 1. The lowest BCUT2D eigenvalue weighted by Gasteiger charge is -2.08. The smallest absolute Gasteiger partial charge is 0.197 e. The summed E-state index contributed by atoms with van der Waals surface area (Å²) in [5, 5.41) is -0.366. The number of ketones is 1. The monoisotopic (exact) mass is 374 g/mol. The minimum absolute atomic E-state index is 0.207. The third-order valence-corrected chi connectivity index (χ3v) is 3.70. The Hall–Kier alpha value is -1.46. The van der Waals surface area contributed by atoms with Gasteiger partial charge in [0.25, 0.3) is 0 Å². The Labute approximate surface area is 133 Å². The van der Waals surface area contributed by atoms with Gasteiger partial charge in [0.05, 0.1) is 17.2 Å². The molecule has 0 fully saturated rings. The topological polar surface area (TPSA) is 26.3 Å². The van der Waals surface area contributed by atoms with Crippen molar-refractivity contribution < 1.29 is 18.3 Å². The van der Waals surface area contributed by atoms with Crippen molar-refractivity contribution in [3.8, 4) is 5.75 Å². The third kappa shape index (κ3) is 3.41. The molecule has 21 heavy (non-hydrogen) atoms. The van der Waals surface area contributed by atoms with E-state index in [9.17, 15) is 13.6 Å². The minimum atomic E-state index is -0.868. The van der Waals surface area contributed by atoms with Gasteiger partial charge in [-0.3, -0.25) is 4.79 Å². The van der Waals surface area contributed by atoms with E-state index >= 15 is 0 Å². The first-order valence-electron chi connectivity index (χ1n) is 6.05. The molecule has 2 aromatic rings. The van der Waals surface area contributed by atoms with Crippen LogP contribution in [-0.2, 0) is 0 Å². The number of hydrogen-bond acceptors (Lipinski definition) is 2. The first-order valence-corrected chi connectivity index (χ1v) is 7.22. The molecular weight excluding hydrogens is 366 g/mol. The van der Waals surface area contributed by atoms with E-state index < -0.39 is 17.4 Å². The van der Waals surface area contributed by atoms with Crippen LogP contribution < -0.4 is 4.74 Å². The molecule has 0 aliphatic carbocycles. The van der Waals surface area contributed by atoms with Crippen LogP contribution in [0.4, 0.5) is 8.78 Å². The fourth-order valence-corrected chi connectivity index (χ4v) is 2.47. The summed E-state index contributed by atoms with van der Waals surface area (Å²) in [6.45, 7) is 2.32. The van der Waals surface area contributed by atoms with Crippen molar-refractivity contribution in [2.75, 3.05) is 6.61 Å². The maximum absolute atomic E-state index is 13.8. The van der Waals surface area contributed by atoms with Crippen molar-refractivity contribution in [3.05, 3.63) is 62.6 Å². The molecule has 0 unspecified atom stereocenters. The highest BCUT2D eigenvalue weighted by molar-refractivity contribution is 9.10. The van der Waals surface area contributed by atoms with Crippen molar-refractivity contribution in [2.24, 2.45) is 0 Å². The second-order valence-electron chi connectivity index (χ2n) is 4.15. The average Bonchev–Trinajstić information content (AvgIpc) is 2.43. The second kappa shape index (κ2) is 6.54. The van der Waals surface area contributed by atoms with Crippen molar-refractivity contribution in [1.29, 1.82) is 0 Å². The Kier molecular flexibility index (Phi) is 4.96. The highest BCUT2D eigenvalue weighted by atomic mass is 79.9. The first kappa shape index (κ1) is 15.9. The van der Waals surface area contributed by atoms with E-state index in [1.807, 2.05) is 6.92 Å². The summed E-state index contributed by atoms with van der Waals surface area (Å²) < 4.78 is 32.9. The van der Waals surface area contributed by atoms with Gasteiger partial charge in [-0.1, -0.05) is 11.6 Å². The molecule has 0 aromatic heterocycles. The predicted octanol–water partition coefficient (Wildman–Crippen LogP) is 5.01. The molecule has 0 saturated heterocycles. The highest BCUT2D eigenvalue weighted by Crippen LogP contribution is 2.27. The summed E-state index contributed by atoms with van der Waals surface area (Å²) in [5.74, 6) is -1.78. The van der Waals surface area contributed by atoms with Crippen LogP contribution in [0.2, 0.25) is 5.02 Å². The van der Waals surface area contributed by atoms with Gasteiger partial charge in [0, 0.05) is 10.0 Å². The van der Waals surface area contributed by atoms with E-state index in [1.165, 1.54) is 6.07 Å². The SMILES string of the molecule is CCOc1ccc(C(=O)c2cc(F)c(Cl)cc2F)c(Br)c1. The lowest BCUT2D eigenvalue weighted by atomic mass is 10.0. The lowest BCUT2D eigenvalue weighted by Crippen LogP contribution is -2.06. The number of ether oxygens (including phenoxy) is 1. The number of hydrogen-bond donors (Lipinski definition) is 0. The van der Waals surface area contributed by atoms with Gasteiger partial charge in [-0.05, 0) is 53.2 Å². The van der Waals surface area contributed by atoms with Gasteiger partial charge in [-0.25, -0.2) is 8.78 Å². The van der Waals surface area contributed by atoms with E-state index in [-0.39, 0.29) is 16.1 Å². The van der Waals surface area contributed by atoms with Crippen molar-refractivity contribution >= 4 is 33.3 Å². The Morgan fingerprint density at radius 3 is 2.52 bits per heavy atom. The first-order chi connectivity index (χ1) is 9.93. The number of carbonyl (C=O) groups excluding carboxylic acids is 1. The average molecular weight is 376 g/mol. The van der Waals surface area contributed by atoms with E-state index in [1.54, 1.807) is 12.1 Å². The number of benzene rings is 2. The van der Waals surface area contributed by atoms with Crippen LogP contribution in [-0.4, -0.2) is 12.4 Å². The van der Waals surface area contributed by atoms with Gasteiger partial charge in [-0.2, -0.15) is 0 Å². The summed E-state index contributed by atoms with van der Waals surface area (Å²) >= 11 is 8.70. The van der Waals surface area contributed by atoms with Gasteiger partial charge in [0.1, 0.15) is 17.4 Å². The van der Waals surface area contributed by atoms with Crippen molar-refractivity contribution in [3.63, 3.8) is 0 Å². The zero-order chi connectivity index (χ0) is 15.6. The molecule has 6 heteroatoms. The van der Waals surface area contributed by atoms with Gasteiger partial charge in [0.2, 0.25) is 0 Å². The zero-order valence-electron chi connectivity index (χ0n) is 10.9. The maximum Gasteiger partial charge on any atom is 0.197 e. The lowest BCUT2D eigenvalue weighted by molar-refractivity contribution is 0.103. The predicted molar refractivity (Wildman–Crippen MR) is 80.1 cm³/mol. The maximum atomic E-state index is 13.8. The fourth-order valence-electron chi connectivity index (χ4n) is 1.78. The largest absolute Gasteiger partial charge is 0.494 e. The minimum Gasteiger partial charge on any atom is -0.494 e. The number of halogens is 4. The quantitative estimate of drug-likeness (QED) is 0.554. The normalized spacial score (nSPS) is 10.5. The molecule has 0 heterocycles. The third-order valence-electron chi connectivity index (χ3n) is 2.75. The molecule has 0 N–H and O–H groups in total. The van der Waals surface area contributed by atoms with Crippen LogP contribution in [0.25, 0.3) is 0 Å².